The topological polar surface area (TPSA) is 68.3 Å². The van der Waals surface area contributed by atoms with Crippen molar-refractivity contribution in [1.29, 1.82) is 0 Å². The van der Waals surface area contributed by atoms with E-state index >= 15 is 0 Å². The zero-order chi connectivity index (χ0) is 18.4. The van der Waals surface area contributed by atoms with E-state index in [2.05, 4.69) is 10.3 Å². The monoisotopic (exact) mass is 348 g/mol. The lowest BCUT2D eigenvalue weighted by atomic mass is 10.1. The highest BCUT2D eigenvalue weighted by Crippen LogP contribution is 2.17. The zero-order valence-electron chi connectivity index (χ0n) is 14.5. The van der Waals surface area contributed by atoms with Crippen molar-refractivity contribution >= 4 is 22.8 Å². The van der Waals surface area contributed by atoms with Crippen molar-refractivity contribution in [2.45, 2.75) is 19.4 Å². The minimum atomic E-state index is -0.878. The van der Waals surface area contributed by atoms with Crippen LogP contribution < -0.4 is 5.32 Å². The van der Waals surface area contributed by atoms with Gasteiger partial charge in [0.15, 0.2) is 6.10 Å². The van der Waals surface area contributed by atoms with E-state index in [1.54, 1.807) is 31.3 Å². The van der Waals surface area contributed by atoms with Crippen molar-refractivity contribution in [1.82, 2.24) is 10.3 Å². The highest BCUT2D eigenvalue weighted by atomic mass is 16.5. The molecule has 1 aromatic heterocycles. The van der Waals surface area contributed by atoms with Gasteiger partial charge in [0, 0.05) is 18.1 Å². The highest BCUT2D eigenvalue weighted by Gasteiger charge is 2.20. The van der Waals surface area contributed by atoms with Gasteiger partial charge in [-0.1, -0.05) is 48.5 Å². The second-order valence-corrected chi connectivity index (χ2v) is 5.95. The number of amides is 1. The first-order valence-corrected chi connectivity index (χ1v) is 8.51. The zero-order valence-corrected chi connectivity index (χ0v) is 14.5. The normalized spacial score (nSPS) is 11.7. The third kappa shape index (κ3) is 4.25. The van der Waals surface area contributed by atoms with Crippen molar-refractivity contribution in [2.75, 3.05) is 6.54 Å². The average Bonchev–Trinajstić information content (AvgIpc) is 2.68. The van der Waals surface area contributed by atoms with E-state index in [0.717, 1.165) is 17.4 Å². The SMILES string of the molecule is C[C@@H](OC(=O)c1cccc2cccnc12)C(=O)NCCc1ccccc1. The van der Waals surface area contributed by atoms with E-state index in [9.17, 15) is 9.59 Å². The van der Waals surface area contributed by atoms with Gasteiger partial charge in [-0.25, -0.2) is 4.79 Å². The summed E-state index contributed by atoms with van der Waals surface area (Å²) in [4.78, 5) is 28.8. The molecule has 0 fully saturated rings. The van der Waals surface area contributed by atoms with Gasteiger partial charge in [0.1, 0.15) is 0 Å². The molecule has 1 amide bonds. The standard InChI is InChI=1S/C21H20N2O3/c1-15(20(24)23-14-12-16-7-3-2-4-8-16)26-21(25)18-11-5-9-17-10-6-13-22-19(17)18/h2-11,13,15H,12,14H2,1H3,(H,23,24)/t15-/m1/s1. The number of nitrogens with one attached hydrogen (secondary N) is 1. The molecule has 1 heterocycles. The molecule has 0 aliphatic rings. The Morgan fingerprint density at radius 2 is 1.81 bits per heavy atom. The molecule has 0 saturated heterocycles. The van der Waals surface area contributed by atoms with Gasteiger partial charge in [0.2, 0.25) is 0 Å². The summed E-state index contributed by atoms with van der Waals surface area (Å²) in [5.41, 5.74) is 2.06. The van der Waals surface area contributed by atoms with Crippen LogP contribution in [0.5, 0.6) is 0 Å². The van der Waals surface area contributed by atoms with Crippen LogP contribution in [-0.2, 0) is 16.0 Å². The van der Waals surface area contributed by atoms with E-state index in [1.165, 1.54) is 0 Å². The van der Waals surface area contributed by atoms with Gasteiger partial charge in [-0.3, -0.25) is 9.78 Å². The lowest BCUT2D eigenvalue weighted by molar-refractivity contribution is -0.129. The summed E-state index contributed by atoms with van der Waals surface area (Å²) in [7, 11) is 0. The van der Waals surface area contributed by atoms with Gasteiger partial charge >= 0.3 is 5.97 Å². The summed E-state index contributed by atoms with van der Waals surface area (Å²) >= 11 is 0. The molecule has 2 aromatic carbocycles. The molecule has 0 aliphatic heterocycles. The molecule has 0 saturated carbocycles. The van der Waals surface area contributed by atoms with Crippen LogP contribution in [0.15, 0.2) is 66.9 Å². The van der Waals surface area contributed by atoms with Crippen LogP contribution in [0.1, 0.15) is 22.8 Å². The minimum absolute atomic E-state index is 0.317. The number of carbonyl (C=O) groups excluding carboxylic acids is 2. The number of nitrogens with zero attached hydrogens (tertiary/aromatic N) is 1. The average molecular weight is 348 g/mol. The van der Waals surface area contributed by atoms with Gasteiger partial charge in [-0.05, 0) is 31.0 Å². The van der Waals surface area contributed by atoms with Crippen LogP contribution in [-0.4, -0.2) is 29.5 Å². The van der Waals surface area contributed by atoms with Crippen molar-refractivity contribution in [2.24, 2.45) is 0 Å². The fraction of sp³-hybridized carbons (Fsp3) is 0.190. The predicted molar refractivity (Wildman–Crippen MR) is 99.8 cm³/mol. The molecule has 132 valence electrons. The molecule has 5 heteroatoms. The summed E-state index contributed by atoms with van der Waals surface area (Å²) < 4.78 is 5.32. The fourth-order valence-electron chi connectivity index (χ4n) is 2.66. The van der Waals surface area contributed by atoms with Crippen LogP contribution in [0.2, 0.25) is 0 Å². The van der Waals surface area contributed by atoms with E-state index in [-0.39, 0.29) is 5.91 Å². The predicted octanol–water partition coefficient (Wildman–Crippen LogP) is 3.14. The van der Waals surface area contributed by atoms with Crippen molar-refractivity contribution in [3.63, 3.8) is 0 Å². The Morgan fingerprint density at radius 3 is 2.62 bits per heavy atom. The molecule has 5 nitrogen and oxygen atoms in total. The summed E-state index contributed by atoms with van der Waals surface area (Å²) in [6, 6.07) is 18.8. The smallest absolute Gasteiger partial charge is 0.341 e. The van der Waals surface area contributed by atoms with Crippen molar-refractivity contribution in [3.05, 3.63) is 78.0 Å². The van der Waals surface area contributed by atoms with Gasteiger partial charge in [0.25, 0.3) is 5.91 Å². The molecule has 26 heavy (non-hydrogen) atoms. The number of rotatable bonds is 6. The van der Waals surface area contributed by atoms with Gasteiger partial charge in [0.05, 0.1) is 11.1 Å². The van der Waals surface area contributed by atoms with Crippen LogP contribution in [0, 0.1) is 0 Å². The molecule has 1 N–H and O–H groups in total. The van der Waals surface area contributed by atoms with Crippen LogP contribution >= 0.6 is 0 Å². The number of pyridine rings is 1. The van der Waals surface area contributed by atoms with E-state index in [4.69, 9.17) is 4.74 Å². The second-order valence-electron chi connectivity index (χ2n) is 5.95. The van der Waals surface area contributed by atoms with Crippen molar-refractivity contribution < 1.29 is 14.3 Å². The Kier molecular flexibility index (Phi) is 5.59. The Labute approximate surface area is 152 Å². The lowest BCUT2D eigenvalue weighted by Crippen LogP contribution is -2.36. The molecule has 0 aliphatic carbocycles. The molecule has 0 spiro atoms. The van der Waals surface area contributed by atoms with Gasteiger partial charge in [-0.15, -0.1) is 0 Å². The van der Waals surface area contributed by atoms with Gasteiger partial charge in [-0.2, -0.15) is 0 Å². The Bertz CT molecular complexity index is 904. The molecular weight excluding hydrogens is 328 g/mol. The molecule has 0 radical (unpaired) electrons. The number of esters is 1. The van der Waals surface area contributed by atoms with E-state index in [1.807, 2.05) is 42.5 Å². The fourth-order valence-corrected chi connectivity index (χ4v) is 2.66. The molecule has 3 rings (SSSR count). The molecular formula is C21H20N2O3. The summed E-state index contributed by atoms with van der Waals surface area (Å²) in [6.07, 6.45) is 1.47. The van der Waals surface area contributed by atoms with Gasteiger partial charge < -0.3 is 10.1 Å². The number of aromatic nitrogens is 1. The first kappa shape index (κ1) is 17.6. The third-order valence-corrected chi connectivity index (χ3v) is 4.06. The number of benzene rings is 2. The Morgan fingerprint density at radius 1 is 1.04 bits per heavy atom. The van der Waals surface area contributed by atoms with Crippen LogP contribution in [0.3, 0.4) is 0 Å². The quantitative estimate of drug-likeness (QED) is 0.695. The Balaban J connectivity index is 1.57. The number of hydrogen-bond acceptors (Lipinski definition) is 4. The second kappa shape index (κ2) is 8.25. The molecule has 0 unspecified atom stereocenters. The third-order valence-electron chi connectivity index (χ3n) is 4.06. The number of hydrogen-bond donors (Lipinski definition) is 1. The Hall–Kier alpha value is -3.21. The first-order chi connectivity index (χ1) is 12.6. The number of carbonyl (C=O) groups is 2. The summed E-state index contributed by atoms with van der Waals surface area (Å²) in [5.74, 6) is -0.873. The molecule has 0 bridgehead atoms. The largest absolute Gasteiger partial charge is 0.449 e. The number of para-hydroxylation sites is 1. The van der Waals surface area contributed by atoms with E-state index in [0.29, 0.717) is 17.6 Å². The minimum Gasteiger partial charge on any atom is -0.449 e. The maximum atomic E-state index is 12.4. The molecule has 3 aromatic rings. The van der Waals surface area contributed by atoms with Crippen LogP contribution in [0.25, 0.3) is 10.9 Å². The molecule has 1 atom stereocenters. The highest BCUT2D eigenvalue weighted by molar-refractivity contribution is 6.03. The van der Waals surface area contributed by atoms with Crippen LogP contribution in [0.4, 0.5) is 0 Å². The lowest BCUT2D eigenvalue weighted by Gasteiger charge is -2.14. The summed E-state index contributed by atoms with van der Waals surface area (Å²) in [6.45, 7) is 2.05. The number of fused-ring (bicyclic) bond motifs is 1. The summed E-state index contributed by atoms with van der Waals surface area (Å²) in [5, 5.41) is 3.64. The maximum Gasteiger partial charge on any atom is 0.341 e. The van der Waals surface area contributed by atoms with Crippen molar-refractivity contribution in [3.8, 4) is 0 Å². The number of ether oxygens (including phenoxy) is 1. The van der Waals surface area contributed by atoms with E-state index < -0.39 is 12.1 Å². The first-order valence-electron chi connectivity index (χ1n) is 8.51. The maximum absolute atomic E-state index is 12.4.